The number of carboxylic acid groups (broad SMARTS) is 1. The predicted molar refractivity (Wildman–Crippen MR) is 135 cm³/mol. The molecule has 1 saturated heterocycles. The number of aryl methyl sites for hydroxylation is 1. The number of pyridine rings is 1. The number of fused-ring (bicyclic) bond motifs is 1. The van der Waals surface area contributed by atoms with Gasteiger partial charge >= 0.3 is 6.09 Å². The zero-order valence-corrected chi connectivity index (χ0v) is 21.6. The number of rotatable bonds is 3. The standard InChI is InChI=1S/C25H27BrFN5O3/c1-13(2)22-23(14(3)5-6-29-22)32-19-10-17(26)18(27)9-16(19)24(21(28)20(32)12-33)31-8-7-30(25(34)35)11-15(31)4/h5-6,9-10,13,15H,7-8,11,28H2,1-4H3,(H,34,35)/t15-/m0/s1. The Kier molecular flexibility index (Phi) is 6.62. The van der Waals surface area contributed by atoms with Crippen LogP contribution in [-0.2, 0) is 4.79 Å². The largest absolute Gasteiger partial charge is 0.465 e. The number of carbonyl (C=O) groups is 1. The number of benzene rings is 1. The normalized spacial score (nSPS) is 18.2. The number of nitrogens with two attached hydrogens (primary N) is 1. The smallest absolute Gasteiger partial charge is 0.407 e. The minimum Gasteiger partial charge on any atom is -0.465 e. The van der Waals surface area contributed by atoms with Crippen molar-refractivity contribution in [3.63, 3.8) is 0 Å². The van der Waals surface area contributed by atoms with E-state index in [2.05, 4.69) is 20.9 Å². The molecule has 1 amide bonds. The molecular weight excluding hydrogens is 517 g/mol. The van der Waals surface area contributed by atoms with Crippen LogP contribution in [0.1, 0.15) is 43.5 Å². The number of hydrogen-bond donors (Lipinski definition) is 2. The van der Waals surface area contributed by atoms with E-state index in [0.717, 1.165) is 11.3 Å². The lowest BCUT2D eigenvalue weighted by Crippen LogP contribution is -2.53. The lowest BCUT2D eigenvalue weighted by atomic mass is 9.94. The molecule has 0 spiro atoms. The molecule has 35 heavy (non-hydrogen) atoms. The molecule has 0 unspecified atom stereocenters. The van der Waals surface area contributed by atoms with Crippen molar-refractivity contribution in [3.05, 3.63) is 62.9 Å². The van der Waals surface area contributed by atoms with Crippen LogP contribution in [0.3, 0.4) is 0 Å². The van der Waals surface area contributed by atoms with Crippen molar-refractivity contribution in [3.8, 4) is 0 Å². The van der Waals surface area contributed by atoms with Gasteiger partial charge in [0.2, 0.25) is 0 Å². The summed E-state index contributed by atoms with van der Waals surface area (Å²) in [7, 11) is 0. The molecule has 1 aromatic carbocycles. The third-order valence-corrected chi connectivity index (χ3v) is 7.08. The SMILES string of the molecule is Cc1ccnc(C(C)C)c1N1C(=C=O)C(N)=C(N2CCN(C(=O)O)C[C@@H]2C)c2cc(F)c(Br)cc21. The minimum atomic E-state index is -0.995. The summed E-state index contributed by atoms with van der Waals surface area (Å²) in [6.45, 7) is 8.67. The molecule has 184 valence electrons. The summed E-state index contributed by atoms with van der Waals surface area (Å²) in [5.74, 6) is 1.59. The number of anilines is 2. The van der Waals surface area contributed by atoms with E-state index in [4.69, 9.17) is 5.73 Å². The van der Waals surface area contributed by atoms with Gasteiger partial charge in [-0.15, -0.1) is 0 Å². The van der Waals surface area contributed by atoms with Gasteiger partial charge in [-0.3, -0.25) is 9.88 Å². The Bertz CT molecular complexity index is 1290. The van der Waals surface area contributed by atoms with Gasteiger partial charge in [-0.2, -0.15) is 0 Å². The molecule has 0 aliphatic carbocycles. The van der Waals surface area contributed by atoms with E-state index in [9.17, 15) is 19.1 Å². The third-order valence-electron chi connectivity index (χ3n) is 6.48. The fraction of sp³-hybridized carbons (Fsp3) is 0.360. The molecule has 0 saturated carbocycles. The fourth-order valence-corrected chi connectivity index (χ4v) is 5.13. The third kappa shape index (κ3) is 4.17. The van der Waals surface area contributed by atoms with Gasteiger partial charge < -0.3 is 20.6 Å². The highest BCUT2D eigenvalue weighted by Gasteiger charge is 2.38. The first-order chi connectivity index (χ1) is 16.6. The molecule has 0 radical (unpaired) electrons. The maximum Gasteiger partial charge on any atom is 0.407 e. The summed E-state index contributed by atoms with van der Waals surface area (Å²) < 4.78 is 15.1. The van der Waals surface area contributed by atoms with E-state index in [1.165, 1.54) is 11.0 Å². The predicted octanol–water partition coefficient (Wildman–Crippen LogP) is 4.59. The van der Waals surface area contributed by atoms with Gasteiger partial charge in [0.15, 0.2) is 11.6 Å². The molecule has 3 heterocycles. The van der Waals surface area contributed by atoms with Crippen LogP contribution in [0.4, 0.5) is 20.6 Å². The molecule has 1 aromatic heterocycles. The monoisotopic (exact) mass is 543 g/mol. The number of nitrogens with zero attached hydrogens (tertiary/aromatic N) is 4. The van der Waals surface area contributed by atoms with E-state index in [0.29, 0.717) is 29.2 Å². The first kappa shape index (κ1) is 24.8. The topological polar surface area (TPSA) is 103 Å². The Labute approximate surface area is 211 Å². The van der Waals surface area contributed by atoms with Crippen LogP contribution in [0.25, 0.3) is 5.70 Å². The van der Waals surface area contributed by atoms with Gasteiger partial charge in [0.1, 0.15) is 5.82 Å². The molecule has 2 aliphatic heterocycles. The lowest BCUT2D eigenvalue weighted by Gasteiger charge is -2.45. The summed E-state index contributed by atoms with van der Waals surface area (Å²) in [4.78, 5) is 33.5. The lowest BCUT2D eigenvalue weighted by molar-refractivity contribution is 0.102. The Morgan fingerprint density at radius 1 is 1.34 bits per heavy atom. The van der Waals surface area contributed by atoms with E-state index in [1.807, 2.05) is 44.6 Å². The molecule has 4 rings (SSSR count). The first-order valence-electron chi connectivity index (χ1n) is 11.3. The van der Waals surface area contributed by atoms with Crippen LogP contribution >= 0.6 is 15.9 Å². The molecule has 3 N–H and O–H groups in total. The van der Waals surface area contributed by atoms with Gasteiger partial charge in [-0.25, -0.2) is 14.0 Å². The molecule has 1 atom stereocenters. The van der Waals surface area contributed by atoms with Crippen molar-refractivity contribution in [1.82, 2.24) is 14.8 Å². The maximum atomic E-state index is 14.9. The molecule has 8 nitrogen and oxygen atoms in total. The number of piperazine rings is 1. The number of carbonyl (C=O) groups excluding carboxylic acids is 1. The van der Waals surface area contributed by atoms with Crippen LogP contribution in [0.15, 0.2) is 40.3 Å². The number of amides is 1. The highest BCUT2D eigenvalue weighted by molar-refractivity contribution is 9.10. The number of hydrogen-bond acceptors (Lipinski definition) is 6. The second kappa shape index (κ2) is 9.36. The highest BCUT2D eigenvalue weighted by Crippen LogP contribution is 2.48. The Morgan fingerprint density at radius 2 is 2.06 bits per heavy atom. The number of aromatic nitrogens is 1. The van der Waals surface area contributed by atoms with Crippen molar-refractivity contribution in [1.29, 1.82) is 0 Å². The quantitative estimate of drug-likeness (QED) is 0.545. The van der Waals surface area contributed by atoms with Crippen LogP contribution in [0.5, 0.6) is 0 Å². The first-order valence-corrected chi connectivity index (χ1v) is 12.1. The van der Waals surface area contributed by atoms with Crippen molar-refractivity contribution >= 4 is 45.0 Å². The van der Waals surface area contributed by atoms with E-state index >= 15 is 0 Å². The van der Waals surface area contributed by atoms with Crippen LogP contribution in [0, 0.1) is 12.7 Å². The highest BCUT2D eigenvalue weighted by atomic mass is 79.9. The molecule has 0 bridgehead atoms. The fourth-order valence-electron chi connectivity index (χ4n) is 4.80. The van der Waals surface area contributed by atoms with Crippen molar-refractivity contribution in [2.24, 2.45) is 5.73 Å². The van der Waals surface area contributed by atoms with Gasteiger partial charge in [-0.1, -0.05) is 13.8 Å². The number of halogens is 2. The van der Waals surface area contributed by atoms with Crippen molar-refractivity contribution in [2.45, 2.75) is 39.7 Å². The van der Waals surface area contributed by atoms with Crippen LogP contribution in [-0.4, -0.2) is 57.6 Å². The Hall–Kier alpha value is -3.36. The summed E-state index contributed by atoms with van der Waals surface area (Å²) in [5.41, 5.74) is 10.8. The van der Waals surface area contributed by atoms with E-state index in [-0.39, 0.29) is 40.9 Å². The van der Waals surface area contributed by atoms with Crippen LogP contribution in [0.2, 0.25) is 0 Å². The summed E-state index contributed by atoms with van der Waals surface area (Å²) in [6.07, 6.45) is 0.725. The molecule has 2 aromatic rings. The van der Waals surface area contributed by atoms with Gasteiger partial charge in [-0.05, 0) is 59.5 Å². The molecular formula is C25H27BrFN5O3. The average Bonchev–Trinajstić information content (AvgIpc) is 2.80. The van der Waals surface area contributed by atoms with Crippen molar-refractivity contribution in [2.75, 3.05) is 24.5 Å². The Balaban J connectivity index is 1.98. The van der Waals surface area contributed by atoms with Gasteiger partial charge in [0, 0.05) is 37.4 Å². The molecule has 10 heteroatoms. The average molecular weight is 544 g/mol. The summed E-state index contributed by atoms with van der Waals surface area (Å²) >= 11 is 3.29. The second-order valence-electron chi connectivity index (χ2n) is 9.12. The van der Waals surface area contributed by atoms with Crippen LogP contribution < -0.4 is 10.6 Å². The summed E-state index contributed by atoms with van der Waals surface area (Å²) in [6, 6.07) is 4.62. The summed E-state index contributed by atoms with van der Waals surface area (Å²) in [5, 5.41) is 9.41. The minimum absolute atomic E-state index is 0.0425. The van der Waals surface area contributed by atoms with E-state index in [1.54, 1.807) is 17.2 Å². The van der Waals surface area contributed by atoms with Crippen molar-refractivity contribution < 1.29 is 19.1 Å². The maximum absolute atomic E-state index is 14.9. The van der Waals surface area contributed by atoms with Gasteiger partial charge in [0.05, 0.1) is 32.9 Å². The zero-order chi connectivity index (χ0) is 25.6. The Morgan fingerprint density at radius 3 is 2.66 bits per heavy atom. The van der Waals surface area contributed by atoms with Gasteiger partial charge in [0.25, 0.3) is 0 Å². The molecule has 1 fully saturated rings. The zero-order valence-electron chi connectivity index (χ0n) is 20.0. The second-order valence-corrected chi connectivity index (χ2v) is 9.97. The van der Waals surface area contributed by atoms with E-state index < -0.39 is 11.9 Å². The molecule has 2 aliphatic rings.